The molecule has 0 saturated carbocycles. The number of aliphatic hydroxyl groups is 1. The Morgan fingerprint density at radius 3 is 2.15 bits per heavy atom. The van der Waals surface area contributed by atoms with Crippen LogP contribution in [0.1, 0.15) is 47.5 Å². The van der Waals surface area contributed by atoms with Crippen LogP contribution in [0.3, 0.4) is 0 Å². The summed E-state index contributed by atoms with van der Waals surface area (Å²) in [5.41, 5.74) is -0.0585. The topological polar surface area (TPSA) is 29.5 Å². The van der Waals surface area contributed by atoms with Crippen molar-refractivity contribution in [2.45, 2.75) is 59.2 Å². The minimum Gasteiger partial charge on any atom is -0.393 e. The predicted molar refractivity (Wildman–Crippen MR) is 55.8 cm³/mol. The van der Waals surface area contributed by atoms with E-state index in [4.69, 9.17) is 4.74 Å². The van der Waals surface area contributed by atoms with Gasteiger partial charge in [0.2, 0.25) is 0 Å². The van der Waals surface area contributed by atoms with Crippen molar-refractivity contribution in [2.24, 2.45) is 5.92 Å². The first-order valence-electron chi connectivity index (χ1n) is 5.19. The number of rotatable bonds is 5. The van der Waals surface area contributed by atoms with Crippen molar-refractivity contribution in [1.29, 1.82) is 0 Å². The predicted octanol–water partition coefficient (Wildman–Crippen LogP) is 2.60. The van der Waals surface area contributed by atoms with E-state index < -0.39 is 0 Å². The van der Waals surface area contributed by atoms with Crippen LogP contribution < -0.4 is 0 Å². The molecule has 13 heavy (non-hydrogen) atoms. The molecule has 1 N–H and O–H groups in total. The molecule has 0 spiro atoms. The van der Waals surface area contributed by atoms with E-state index in [0.29, 0.717) is 5.92 Å². The zero-order chi connectivity index (χ0) is 10.5. The van der Waals surface area contributed by atoms with Gasteiger partial charge >= 0.3 is 0 Å². The van der Waals surface area contributed by atoms with E-state index in [1.165, 1.54) is 0 Å². The molecule has 0 fully saturated rings. The Kier molecular flexibility index (Phi) is 5.57. The molecule has 2 nitrogen and oxygen atoms in total. The highest BCUT2D eigenvalue weighted by atomic mass is 16.5. The smallest absolute Gasteiger partial charge is 0.0598 e. The molecular weight excluding hydrogens is 164 g/mol. The molecule has 0 rings (SSSR count). The minimum atomic E-state index is -0.214. The highest BCUT2D eigenvalue weighted by molar-refractivity contribution is 4.64. The SMILES string of the molecule is CCC(CCOC(C)(C)C)C(C)O. The molecular formula is C11H24O2. The Morgan fingerprint density at radius 2 is 1.85 bits per heavy atom. The molecule has 0 aliphatic heterocycles. The number of hydrogen-bond donors (Lipinski definition) is 1. The van der Waals surface area contributed by atoms with Gasteiger partial charge in [-0.15, -0.1) is 0 Å². The van der Waals surface area contributed by atoms with E-state index in [1.807, 2.05) is 6.92 Å². The molecule has 2 heteroatoms. The molecule has 0 saturated heterocycles. The Morgan fingerprint density at radius 1 is 1.31 bits per heavy atom. The van der Waals surface area contributed by atoms with E-state index in [0.717, 1.165) is 19.4 Å². The summed E-state index contributed by atoms with van der Waals surface area (Å²) < 4.78 is 5.60. The summed E-state index contributed by atoms with van der Waals surface area (Å²) in [5.74, 6) is 0.377. The summed E-state index contributed by atoms with van der Waals surface area (Å²) in [4.78, 5) is 0. The van der Waals surface area contributed by atoms with Crippen molar-refractivity contribution in [1.82, 2.24) is 0 Å². The van der Waals surface area contributed by atoms with Gasteiger partial charge in [0.15, 0.2) is 0 Å². The van der Waals surface area contributed by atoms with Crippen molar-refractivity contribution < 1.29 is 9.84 Å². The van der Waals surface area contributed by atoms with Gasteiger partial charge in [-0.3, -0.25) is 0 Å². The second-order valence-corrected chi connectivity index (χ2v) is 4.66. The van der Waals surface area contributed by atoms with Gasteiger partial charge in [0.05, 0.1) is 11.7 Å². The maximum atomic E-state index is 9.39. The first-order valence-corrected chi connectivity index (χ1v) is 5.19. The number of hydrogen-bond acceptors (Lipinski definition) is 2. The Hall–Kier alpha value is -0.0800. The van der Waals surface area contributed by atoms with Gasteiger partial charge in [0.25, 0.3) is 0 Å². The molecule has 0 bridgehead atoms. The minimum absolute atomic E-state index is 0.0585. The summed E-state index contributed by atoms with van der Waals surface area (Å²) in [7, 11) is 0. The largest absolute Gasteiger partial charge is 0.393 e. The summed E-state index contributed by atoms with van der Waals surface area (Å²) in [6, 6.07) is 0. The van der Waals surface area contributed by atoms with Crippen molar-refractivity contribution >= 4 is 0 Å². The number of ether oxygens (including phenoxy) is 1. The molecule has 0 aromatic carbocycles. The van der Waals surface area contributed by atoms with E-state index in [2.05, 4.69) is 27.7 Å². The van der Waals surface area contributed by atoms with Gasteiger partial charge in [-0.25, -0.2) is 0 Å². The monoisotopic (exact) mass is 188 g/mol. The quantitative estimate of drug-likeness (QED) is 0.718. The van der Waals surface area contributed by atoms with Gasteiger partial charge < -0.3 is 9.84 Å². The molecule has 0 radical (unpaired) electrons. The lowest BCUT2D eigenvalue weighted by atomic mass is 9.97. The fraction of sp³-hybridized carbons (Fsp3) is 1.00. The van der Waals surface area contributed by atoms with Crippen molar-refractivity contribution in [3.05, 3.63) is 0 Å². The number of aliphatic hydroxyl groups excluding tert-OH is 1. The lowest BCUT2D eigenvalue weighted by molar-refractivity contribution is -0.0179. The summed E-state index contributed by atoms with van der Waals surface area (Å²) in [6.45, 7) is 10.9. The van der Waals surface area contributed by atoms with Crippen molar-refractivity contribution in [3.63, 3.8) is 0 Å². The molecule has 80 valence electrons. The average Bonchev–Trinajstić information content (AvgIpc) is 1.95. The lowest BCUT2D eigenvalue weighted by Crippen LogP contribution is -2.23. The third kappa shape index (κ3) is 7.03. The van der Waals surface area contributed by atoms with Crippen LogP contribution in [0.15, 0.2) is 0 Å². The molecule has 0 amide bonds. The standard InChI is InChI=1S/C11H24O2/c1-6-10(9(2)12)7-8-13-11(3,4)5/h9-10,12H,6-8H2,1-5H3. The Labute approximate surface area is 82.3 Å². The highest BCUT2D eigenvalue weighted by Gasteiger charge is 2.15. The summed E-state index contributed by atoms with van der Waals surface area (Å²) in [6.07, 6.45) is 1.75. The third-order valence-corrected chi connectivity index (χ3v) is 2.23. The van der Waals surface area contributed by atoms with E-state index in [-0.39, 0.29) is 11.7 Å². The van der Waals surface area contributed by atoms with Crippen molar-refractivity contribution in [3.8, 4) is 0 Å². The second kappa shape index (κ2) is 5.61. The lowest BCUT2D eigenvalue weighted by Gasteiger charge is -2.23. The third-order valence-electron chi connectivity index (χ3n) is 2.23. The van der Waals surface area contributed by atoms with E-state index >= 15 is 0 Å². The fourth-order valence-electron chi connectivity index (χ4n) is 1.30. The Balaban J connectivity index is 3.62. The van der Waals surface area contributed by atoms with Gasteiger partial charge in [-0.2, -0.15) is 0 Å². The summed E-state index contributed by atoms with van der Waals surface area (Å²) >= 11 is 0. The average molecular weight is 188 g/mol. The van der Waals surface area contributed by atoms with Crippen LogP contribution in [0.5, 0.6) is 0 Å². The molecule has 0 aromatic rings. The van der Waals surface area contributed by atoms with E-state index in [1.54, 1.807) is 0 Å². The van der Waals surface area contributed by atoms with Crippen LogP contribution in [0, 0.1) is 5.92 Å². The molecule has 0 aliphatic carbocycles. The molecule has 0 heterocycles. The van der Waals surface area contributed by atoms with Gasteiger partial charge in [-0.1, -0.05) is 13.3 Å². The maximum absolute atomic E-state index is 9.39. The first kappa shape index (κ1) is 12.9. The van der Waals surface area contributed by atoms with Crippen LogP contribution in [0.25, 0.3) is 0 Å². The summed E-state index contributed by atoms with van der Waals surface area (Å²) in [5, 5.41) is 9.39. The maximum Gasteiger partial charge on any atom is 0.0598 e. The zero-order valence-corrected chi connectivity index (χ0v) is 9.63. The first-order chi connectivity index (χ1) is 5.87. The van der Waals surface area contributed by atoms with E-state index in [9.17, 15) is 5.11 Å². The molecule has 0 aliphatic rings. The fourth-order valence-corrected chi connectivity index (χ4v) is 1.30. The zero-order valence-electron chi connectivity index (χ0n) is 9.63. The van der Waals surface area contributed by atoms with Crippen LogP contribution in [0.4, 0.5) is 0 Å². The normalized spacial score (nSPS) is 17.1. The van der Waals surface area contributed by atoms with Crippen LogP contribution in [-0.2, 0) is 4.74 Å². The van der Waals surface area contributed by atoms with Gasteiger partial charge in [0, 0.05) is 6.61 Å². The molecule has 2 atom stereocenters. The molecule has 2 unspecified atom stereocenters. The molecule has 0 aromatic heterocycles. The Bertz CT molecular complexity index is 125. The second-order valence-electron chi connectivity index (χ2n) is 4.66. The van der Waals surface area contributed by atoms with Crippen LogP contribution >= 0.6 is 0 Å². The van der Waals surface area contributed by atoms with Crippen LogP contribution in [0.2, 0.25) is 0 Å². The van der Waals surface area contributed by atoms with Crippen LogP contribution in [-0.4, -0.2) is 23.4 Å². The van der Waals surface area contributed by atoms with Crippen molar-refractivity contribution in [2.75, 3.05) is 6.61 Å². The van der Waals surface area contributed by atoms with Gasteiger partial charge in [0.1, 0.15) is 0 Å². The van der Waals surface area contributed by atoms with Gasteiger partial charge in [-0.05, 0) is 40.0 Å². The highest BCUT2D eigenvalue weighted by Crippen LogP contribution is 2.15.